The van der Waals surface area contributed by atoms with E-state index in [4.69, 9.17) is 5.73 Å². The van der Waals surface area contributed by atoms with E-state index in [1.54, 1.807) is 17.4 Å². The summed E-state index contributed by atoms with van der Waals surface area (Å²) in [5.41, 5.74) is 11.0. The normalized spacial score (nSPS) is 19.0. The van der Waals surface area contributed by atoms with Crippen molar-refractivity contribution in [3.8, 4) is 0 Å². The number of anilines is 1. The number of allylic oxidation sites excluding steroid dienone is 4. The second-order valence-corrected chi connectivity index (χ2v) is 11.9. The van der Waals surface area contributed by atoms with Gasteiger partial charge in [-0.1, -0.05) is 50.5 Å². The lowest BCUT2D eigenvalue weighted by Gasteiger charge is -2.23. The fourth-order valence-corrected chi connectivity index (χ4v) is 6.45. The van der Waals surface area contributed by atoms with Gasteiger partial charge in [-0.15, -0.1) is 11.3 Å². The second-order valence-electron chi connectivity index (χ2n) is 10.8. The summed E-state index contributed by atoms with van der Waals surface area (Å²) in [6.45, 7) is 7.16. The Bertz CT molecular complexity index is 1150. The van der Waals surface area contributed by atoms with E-state index in [0.717, 1.165) is 43.2 Å². The first-order chi connectivity index (χ1) is 17.3. The van der Waals surface area contributed by atoms with Crippen molar-refractivity contribution in [3.63, 3.8) is 0 Å². The van der Waals surface area contributed by atoms with Crippen LogP contribution in [0.25, 0.3) is 5.57 Å². The Balaban J connectivity index is 1.32. The zero-order chi connectivity index (χ0) is 25.7. The van der Waals surface area contributed by atoms with E-state index in [1.165, 1.54) is 33.7 Å². The van der Waals surface area contributed by atoms with Crippen LogP contribution >= 0.6 is 11.3 Å². The average molecular weight is 505 g/mol. The van der Waals surface area contributed by atoms with Crippen molar-refractivity contribution >= 4 is 34.3 Å². The number of nitrogens with one attached hydrogen (secondary N) is 1. The number of thiophene rings is 1. The average Bonchev–Trinajstić information content (AvgIpc) is 3.56. The molecule has 1 fully saturated rings. The minimum atomic E-state index is 0.185. The van der Waals surface area contributed by atoms with E-state index >= 15 is 0 Å². The van der Waals surface area contributed by atoms with E-state index in [-0.39, 0.29) is 17.6 Å². The number of rotatable bonds is 10. The summed E-state index contributed by atoms with van der Waals surface area (Å²) in [4.78, 5) is 27.6. The van der Waals surface area contributed by atoms with Gasteiger partial charge < -0.3 is 11.1 Å². The standard InChI is InChI=1S/C31H40N2O2S/c1-20-15-24(21(2)7-6-10-29(34)28-18-26(32)12-11-22(28)3)17-25(16-20)30-14-13-27(36-30)19-33-31(35)23-8-4-5-9-23/h11-14,16-18,20-21,23H,4-10,15,19,32H2,1-3H3,(H,33,35)/t20?,21-/m0/s1. The molecular weight excluding hydrogens is 464 g/mol. The summed E-state index contributed by atoms with van der Waals surface area (Å²) < 4.78 is 0. The molecule has 0 spiro atoms. The van der Waals surface area contributed by atoms with Crippen molar-refractivity contribution in [2.45, 2.75) is 78.7 Å². The van der Waals surface area contributed by atoms with Crippen molar-refractivity contribution in [2.75, 3.05) is 5.73 Å². The highest BCUT2D eigenvalue weighted by atomic mass is 32.1. The molecule has 0 bridgehead atoms. The first-order valence-electron chi connectivity index (χ1n) is 13.5. The van der Waals surface area contributed by atoms with E-state index < -0.39 is 0 Å². The number of Topliss-reactive ketones (excluding diaryl/α,β-unsaturated/α-hetero) is 1. The summed E-state index contributed by atoms with van der Waals surface area (Å²) in [5, 5.41) is 3.15. The Morgan fingerprint density at radius 1 is 1.17 bits per heavy atom. The molecule has 1 heterocycles. The van der Waals surface area contributed by atoms with Crippen LogP contribution in [0.3, 0.4) is 0 Å². The molecule has 1 aromatic carbocycles. The number of ketones is 1. The second kappa shape index (κ2) is 12.1. The van der Waals surface area contributed by atoms with Gasteiger partial charge in [-0.25, -0.2) is 0 Å². The van der Waals surface area contributed by atoms with E-state index in [2.05, 4.69) is 43.4 Å². The van der Waals surface area contributed by atoms with Gasteiger partial charge in [0.05, 0.1) is 6.54 Å². The van der Waals surface area contributed by atoms with Crippen LogP contribution in [0.2, 0.25) is 0 Å². The zero-order valence-corrected chi connectivity index (χ0v) is 22.8. The maximum Gasteiger partial charge on any atom is 0.223 e. The van der Waals surface area contributed by atoms with Gasteiger partial charge in [0.1, 0.15) is 0 Å². The molecule has 192 valence electrons. The third-order valence-electron chi connectivity index (χ3n) is 7.71. The largest absolute Gasteiger partial charge is 0.399 e. The highest BCUT2D eigenvalue weighted by Gasteiger charge is 2.23. The molecule has 2 aliphatic rings. The maximum atomic E-state index is 12.7. The van der Waals surface area contributed by atoms with Gasteiger partial charge in [-0.05, 0) is 86.3 Å². The summed E-state index contributed by atoms with van der Waals surface area (Å²) in [7, 11) is 0. The molecule has 1 aromatic heterocycles. The SMILES string of the molecule is Cc1ccc(N)cc1C(=O)CCC[C@H](C)C1=CC(c2ccc(CNC(=O)C3CCCC3)s2)=CC(C)C1. The van der Waals surface area contributed by atoms with Crippen molar-refractivity contribution in [2.24, 2.45) is 17.8 Å². The molecular formula is C31H40N2O2S. The molecule has 4 rings (SSSR count). The Kier molecular flexibility index (Phi) is 8.84. The number of aryl methyl sites for hydroxylation is 1. The molecule has 2 aliphatic carbocycles. The van der Waals surface area contributed by atoms with Gasteiger partial charge in [0.15, 0.2) is 5.78 Å². The Morgan fingerprint density at radius 2 is 1.94 bits per heavy atom. The highest BCUT2D eigenvalue weighted by Crippen LogP contribution is 2.36. The van der Waals surface area contributed by atoms with Crippen LogP contribution in [0.15, 0.2) is 48.1 Å². The lowest BCUT2D eigenvalue weighted by atomic mass is 9.82. The predicted molar refractivity (Wildman–Crippen MR) is 151 cm³/mol. The lowest BCUT2D eigenvalue weighted by molar-refractivity contribution is -0.124. The van der Waals surface area contributed by atoms with Gasteiger partial charge in [-0.2, -0.15) is 0 Å². The molecule has 2 aromatic rings. The Hall–Kier alpha value is -2.66. The summed E-state index contributed by atoms with van der Waals surface area (Å²) in [6, 6.07) is 9.91. The molecule has 0 radical (unpaired) electrons. The Labute approximate surface area is 220 Å². The van der Waals surface area contributed by atoms with E-state index in [9.17, 15) is 9.59 Å². The number of carbonyl (C=O) groups is 2. The predicted octanol–water partition coefficient (Wildman–Crippen LogP) is 7.48. The number of hydrogen-bond acceptors (Lipinski definition) is 4. The van der Waals surface area contributed by atoms with Gasteiger partial charge in [0.25, 0.3) is 0 Å². The minimum absolute atomic E-state index is 0.185. The maximum absolute atomic E-state index is 12.7. The van der Waals surface area contributed by atoms with Crippen LogP contribution in [-0.2, 0) is 11.3 Å². The number of hydrogen-bond donors (Lipinski definition) is 2. The first-order valence-corrected chi connectivity index (χ1v) is 14.3. The minimum Gasteiger partial charge on any atom is -0.399 e. The van der Waals surface area contributed by atoms with Gasteiger partial charge in [-0.3, -0.25) is 9.59 Å². The fourth-order valence-electron chi connectivity index (χ4n) is 5.50. The van der Waals surface area contributed by atoms with Gasteiger partial charge in [0, 0.05) is 33.3 Å². The molecule has 5 heteroatoms. The molecule has 0 aliphatic heterocycles. The van der Waals surface area contributed by atoms with Gasteiger partial charge in [0.2, 0.25) is 5.91 Å². The molecule has 3 N–H and O–H groups in total. The van der Waals surface area contributed by atoms with Crippen LogP contribution in [0.1, 0.15) is 90.9 Å². The van der Waals surface area contributed by atoms with Crippen LogP contribution in [0.4, 0.5) is 5.69 Å². The molecule has 0 saturated heterocycles. The van der Waals surface area contributed by atoms with Crippen molar-refractivity contribution < 1.29 is 9.59 Å². The molecule has 2 atom stereocenters. The van der Waals surface area contributed by atoms with Crippen LogP contribution in [0, 0.1) is 24.7 Å². The quantitative estimate of drug-likeness (QED) is 0.260. The highest BCUT2D eigenvalue weighted by molar-refractivity contribution is 7.13. The van der Waals surface area contributed by atoms with E-state index in [0.29, 0.717) is 30.5 Å². The lowest BCUT2D eigenvalue weighted by Crippen LogP contribution is -2.28. The number of amides is 1. The molecule has 36 heavy (non-hydrogen) atoms. The summed E-state index contributed by atoms with van der Waals surface area (Å²) in [6.07, 6.45) is 12.7. The topological polar surface area (TPSA) is 72.2 Å². The molecule has 4 nitrogen and oxygen atoms in total. The smallest absolute Gasteiger partial charge is 0.223 e. The van der Waals surface area contributed by atoms with Crippen LogP contribution in [-0.4, -0.2) is 11.7 Å². The molecule has 1 amide bonds. The van der Waals surface area contributed by atoms with Crippen LogP contribution < -0.4 is 11.1 Å². The van der Waals surface area contributed by atoms with E-state index in [1.807, 2.05) is 19.1 Å². The van der Waals surface area contributed by atoms with Crippen LogP contribution in [0.5, 0.6) is 0 Å². The van der Waals surface area contributed by atoms with Gasteiger partial charge >= 0.3 is 0 Å². The van der Waals surface area contributed by atoms with Crippen molar-refractivity contribution in [3.05, 3.63) is 68.9 Å². The fraction of sp³-hybridized carbons (Fsp3) is 0.484. The molecule has 1 saturated carbocycles. The number of carbonyl (C=O) groups excluding carboxylic acids is 2. The third kappa shape index (κ3) is 6.76. The number of nitrogen functional groups attached to an aromatic ring is 1. The van der Waals surface area contributed by atoms with Crippen molar-refractivity contribution in [1.29, 1.82) is 0 Å². The number of benzene rings is 1. The number of nitrogens with two attached hydrogens (primary N) is 1. The Morgan fingerprint density at radius 3 is 2.72 bits per heavy atom. The zero-order valence-electron chi connectivity index (χ0n) is 21.9. The molecule has 1 unspecified atom stereocenters. The monoisotopic (exact) mass is 504 g/mol. The summed E-state index contributed by atoms with van der Waals surface area (Å²) >= 11 is 1.78. The first kappa shape index (κ1) is 26.4. The third-order valence-corrected chi connectivity index (χ3v) is 8.84. The summed E-state index contributed by atoms with van der Waals surface area (Å²) in [5.74, 6) is 1.55. The van der Waals surface area contributed by atoms with Crippen molar-refractivity contribution in [1.82, 2.24) is 5.32 Å².